The minimum atomic E-state index is -0.138. The number of likely N-dealkylation sites (tertiary alicyclic amines) is 1. The minimum Gasteiger partial charge on any atom is -0.350 e. The van der Waals surface area contributed by atoms with E-state index in [2.05, 4.69) is 16.3 Å². The van der Waals surface area contributed by atoms with Gasteiger partial charge in [-0.3, -0.25) is 9.69 Å². The molecule has 25 heavy (non-hydrogen) atoms. The maximum atomic E-state index is 12.4. The lowest BCUT2D eigenvalue weighted by Crippen LogP contribution is -2.37. The standard InChI is InChI=1S/C20H20ClN3O/c21-18-6-2-1-5-17(18)19(24-11-3-4-12-24)14-23-20(25)16-9-7-15(13-22)8-10-16/h1-2,5-10,19H,3-4,11-12,14H2,(H,23,25)/t19-/m0/s1. The Kier molecular flexibility index (Phi) is 5.70. The van der Waals surface area contributed by atoms with Crippen molar-refractivity contribution in [1.29, 1.82) is 5.26 Å². The monoisotopic (exact) mass is 353 g/mol. The lowest BCUT2D eigenvalue weighted by Gasteiger charge is -2.29. The molecule has 3 rings (SSSR count). The average molecular weight is 354 g/mol. The number of nitrogens with zero attached hydrogens (tertiary/aromatic N) is 2. The molecule has 0 bridgehead atoms. The van der Waals surface area contributed by atoms with Crippen molar-refractivity contribution < 1.29 is 4.79 Å². The van der Waals surface area contributed by atoms with Crippen LogP contribution in [-0.2, 0) is 0 Å². The Morgan fingerprint density at radius 3 is 2.48 bits per heavy atom. The molecule has 1 N–H and O–H groups in total. The highest BCUT2D eigenvalue weighted by molar-refractivity contribution is 6.31. The zero-order chi connectivity index (χ0) is 17.6. The predicted molar refractivity (Wildman–Crippen MR) is 98.5 cm³/mol. The molecular formula is C20H20ClN3O. The first-order valence-electron chi connectivity index (χ1n) is 8.46. The summed E-state index contributed by atoms with van der Waals surface area (Å²) in [6, 6.07) is 16.6. The molecule has 2 aromatic carbocycles. The summed E-state index contributed by atoms with van der Waals surface area (Å²) < 4.78 is 0. The van der Waals surface area contributed by atoms with Gasteiger partial charge in [0.2, 0.25) is 0 Å². The first-order chi connectivity index (χ1) is 12.2. The van der Waals surface area contributed by atoms with Crippen LogP contribution in [0.2, 0.25) is 5.02 Å². The predicted octanol–water partition coefficient (Wildman–Crippen LogP) is 3.78. The number of amides is 1. The largest absolute Gasteiger partial charge is 0.350 e. The van der Waals surface area contributed by atoms with Gasteiger partial charge in [-0.2, -0.15) is 5.26 Å². The summed E-state index contributed by atoms with van der Waals surface area (Å²) in [6.07, 6.45) is 2.34. The average Bonchev–Trinajstić information content (AvgIpc) is 3.17. The zero-order valence-electron chi connectivity index (χ0n) is 13.9. The van der Waals surface area contributed by atoms with Crippen molar-refractivity contribution in [3.8, 4) is 6.07 Å². The summed E-state index contributed by atoms with van der Waals surface area (Å²) in [5, 5.41) is 12.6. The SMILES string of the molecule is N#Cc1ccc(C(=O)NC[C@@H](c2ccccc2Cl)N2CCCC2)cc1. The fourth-order valence-electron chi connectivity index (χ4n) is 3.22. The summed E-state index contributed by atoms with van der Waals surface area (Å²) in [7, 11) is 0. The van der Waals surface area contributed by atoms with Gasteiger partial charge in [0.15, 0.2) is 0 Å². The van der Waals surface area contributed by atoms with E-state index in [-0.39, 0.29) is 11.9 Å². The second kappa shape index (κ2) is 8.15. The van der Waals surface area contributed by atoms with E-state index >= 15 is 0 Å². The van der Waals surface area contributed by atoms with E-state index in [9.17, 15) is 4.79 Å². The van der Waals surface area contributed by atoms with Gasteiger partial charge in [-0.15, -0.1) is 0 Å². The Labute approximate surface area is 153 Å². The molecular weight excluding hydrogens is 334 g/mol. The molecule has 1 saturated heterocycles. The number of nitriles is 1. The second-order valence-corrected chi connectivity index (χ2v) is 6.59. The fraction of sp³-hybridized carbons (Fsp3) is 0.300. The number of carbonyl (C=O) groups excluding carboxylic acids is 1. The second-order valence-electron chi connectivity index (χ2n) is 6.18. The molecule has 1 atom stereocenters. The van der Waals surface area contributed by atoms with Gasteiger partial charge in [-0.25, -0.2) is 0 Å². The van der Waals surface area contributed by atoms with Crippen molar-refractivity contribution in [3.05, 3.63) is 70.2 Å². The summed E-state index contributed by atoms with van der Waals surface area (Å²) in [5.74, 6) is -0.138. The van der Waals surface area contributed by atoms with Crippen LogP contribution >= 0.6 is 11.6 Å². The number of halogens is 1. The third-order valence-corrected chi connectivity index (χ3v) is 4.92. The molecule has 128 valence electrons. The highest BCUT2D eigenvalue weighted by Crippen LogP contribution is 2.29. The maximum Gasteiger partial charge on any atom is 0.251 e. The number of hydrogen-bond acceptors (Lipinski definition) is 3. The van der Waals surface area contributed by atoms with Crippen LogP contribution in [0.3, 0.4) is 0 Å². The minimum absolute atomic E-state index is 0.0681. The van der Waals surface area contributed by atoms with E-state index in [1.165, 1.54) is 12.8 Å². The van der Waals surface area contributed by atoms with Crippen LogP contribution in [-0.4, -0.2) is 30.4 Å². The van der Waals surface area contributed by atoms with Crippen LogP contribution in [0.1, 0.15) is 40.4 Å². The van der Waals surface area contributed by atoms with E-state index in [0.29, 0.717) is 17.7 Å². The zero-order valence-corrected chi connectivity index (χ0v) is 14.7. The third-order valence-electron chi connectivity index (χ3n) is 4.58. The van der Waals surface area contributed by atoms with Gasteiger partial charge >= 0.3 is 0 Å². The fourth-order valence-corrected chi connectivity index (χ4v) is 3.48. The van der Waals surface area contributed by atoms with E-state index in [1.54, 1.807) is 24.3 Å². The molecule has 5 heteroatoms. The van der Waals surface area contributed by atoms with Crippen molar-refractivity contribution in [1.82, 2.24) is 10.2 Å². The van der Waals surface area contributed by atoms with Crippen LogP contribution < -0.4 is 5.32 Å². The third kappa shape index (κ3) is 4.19. The Morgan fingerprint density at radius 1 is 1.16 bits per heavy atom. The smallest absolute Gasteiger partial charge is 0.251 e. The van der Waals surface area contributed by atoms with Crippen molar-refractivity contribution in [2.75, 3.05) is 19.6 Å². The lowest BCUT2D eigenvalue weighted by atomic mass is 10.0. The first kappa shape index (κ1) is 17.5. The Hall–Kier alpha value is -2.35. The molecule has 1 amide bonds. The summed E-state index contributed by atoms with van der Waals surface area (Å²) in [5.41, 5.74) is 2.15. The van der Waals surface area contributed by atoms with Crippen LogP contribution in [0.4, 0.5) is 0 Å². The number of hydrogen-bond donors (Lipinski definition) is 1. The van der Waals surface area contributed by atoms with Crippen LogP contribution in [0, 0.1) is 11.3 Å². The number of carbonyl (C=O) groups is 1. The van der Waals surface area contributed by atoms with Crippen LogP contribution in [0.25, 0.3) is 0 Å². The molecule has 1 heterocycles. The van der Waals surface area contributed by atoms with Gasteiger partial charge in [0, 0.05) is 17.1 Å². The molecule has 0 aliphatic carbocycles. The van der Waals surface area contributed by atoms with Crippen LogP contribution in [0.5, 0.6) is 0 Å². The number of nitrogens with one attached hydrogen (secondary N) is 1. The summed E-state index contributed by atoms with van der Waals surface area (Å²) >= 11 is 6.39. The van der Waals surface area contributed by atoms with Crippen molar-refractivity contribution in [2.45, 2.75) is 18.9 Å². The van der Waals surface area contributed by atoms with Gasteiger partial charge in [0.05, 0.1) is 17.7 Å². The molecule has 4 nitrogen and oxygen atoms in total. The van der Waals surface area contributed by atoms with E-state index in [1.807, 2.05) is 24.3 Å². The maximum absolute atomic E-state index is 12.4. The van der Waals surface area contributed by atoms with Crippen LogP contribution in [0.15, 0.2) is 48.5 Å². The van der Waals surface area contributed by atoms with Gasteiger partial charge in [0.1, 0.15) is 0 Å². The molecule has 0 radical (unpaired) electrons. The van der Waals surface area contributed by atoms with E-state index in [0.717, 1.165) is 23.7 Å². The topological polar surface area (TPSA) is 56.1 Å². The van der Waals surface area contributed by atoms with Gasteiger partial charge in [-0.1, -0.05) is 29.8 Å². The first-order valence-corrected chi connectivity index (χ1v) is 8.83. The molecule has 1 aliphatic heterocycles. The molecule has 0 saturated carbocycles. The highest BCUT2D eigenvalue weighted by Gasteiger charge is 2.25. The normalized spacial score (nSPS) is 15.5. The van der Waals surface area contributed by atoms with Crippen molar-refractivity contribution in [3.63, 3.8) is 0 Å². The lowest BCUT2D eigenvalue weighted by molar-refractivity contribution is 0.0938. The van der Waals surface area contributed by atoms with Crippen molar-refractivity contribution in [2.24, 2.45) is 0 Å². The van der Waals surface area contributed by atoms with Gasteiger partial charge < -0.3 is 5.32 Å². The molecule has 0 aromatic heterocycles. The molecule has 1 fully saturated rings. The quantitative estimate of drug-likeness (QED) is 0.890. The highest BCUT2D eigenvalue weighted by atomic mass is 35.5. The Balaban J connectivity index is 1.73. The van der Waals surface area contributed by atoms with Crippen molar-refractivity contribution >= 4 is 17.5 Å². The van der Waals surface area contributed by atoms with E-state index < -0.39 is 0 Å². The van der Waals surface area contributed by atoms with Gasteiger partial charge in [-0.05, 0) is 61.8 Å². The summed E-state index contributed by atoms with van der Waals surface area (Å²) in [4.78, 5) is 14.8. The molecule has 0 spiro atoms. The summed E-state index contributed by atoms with van der Waals surface area (Å²) in [6.45, 7) is 2.54. The molecule has 0 unspecified atom stereocenters. The molecule has 2 aromatic rings. The number of benzene rings is 2. The Morgan fingerprint density at radius 2 is 1.84 bits per heavy atom. The Bertz CT molecular complexity index is 776. The number of rotatable bonds is 5. The van der Waals surface area contributed by atoms with Gasteiger partial charge in [0.25, 0.3) is 5.91 Å². The van der Waals surface area contributed by atoms with E-state index in [4.69, 9.17) is 16.9 Å². The molecule has 1 aliphatic rings.